The number of aromatic nitrogens is 1. The fourth-order valence-corrected chi connectivity index (χ4v) is 3.82. The Kier molecular flexibility index (Phi) is 4.96. The third-order valence-corrected chi connectivity index (χ3v) is 5.34. The molecule has 3 aromatic rings. The van der Waals surface area contributed by atoms with Gasteiger partial charge in [0.2, 0.25) is 0 Å². The number of nitrogens with two attached hydrogens (primary N) is 1. The van der Waals surface area contributed by atoms with Crippen molar-refractivity contribution in [1.82, 2.24) is 10.3 Å². The molecule has 144 valence electrons. The van der Waals surface area contributed by atoms with E-state index in [1.54, 1.807) is 35.4 Å². The zero-order valence-corrected chi connectivity index (χ0v) is 15.7. The van der Waals surface area contributed by atoms with Gasteiger partial charge in [0.15, 0.2) is 6.30 Å². The molecule has 1 saturated heterocycles. The van der Waals surface area contributed by atoms with E-state index in [1.807, 2.05) is 37.3 Å². The molecule has 1 aromatic heterocycles. The smallest absolute Gasteiger partial charge is 0.251 e. The van der Waals surface area contributed by atoms with Crippen LogP contribution in [0.1, 0.15) is 22.3 Å². The van der Waals surface area contributed by atoms with Gasteiger partial charge in [-0.05, 0) is 42.5 Å². The fraction of sp³-hybridized carbons (Fsp3) is 0.273. The molecule has 0 radical (unpaired) electrons. The maximum Gasteiger partial charge on any atom is 0.251 e. The number of benzene rings is 2. The van der Waals surface area contributed by atoms with E-state index in [0.29, 0.717) is 24.3 Å². The number of anilines is 1. The number of piperidine rings is 1. The summed E-state index contributed by atoms with van der Waals surface area (Å²) < 4.78 is 15.6. The molecular formula is C22H23FN4O. The van der Waals surface area contributed by atoms with Crippen molar-refractivity contribution in [3.63, 3.8) is 0 Å². The van der Waals surface area contributed by atoms with Gasteiger partial charge < -0.3 is 16.0 Å². The number of fused-ring (bicyclic) bond motifs is 1. The van der Waals surface area contributed by atoms with Gasteiger partial charge in [-0.2, -0.15) is 0 Å². The molecular weight excluding hydrogens is 355 g/mol. The Labute approximate surface area is 163 Å². The van der Waals surface area contributed by atoms with Crippen LogP contribution in [0.5, 0.6) is 0 Å². The van der Waals surface area contributed by atoms with Gasteiger partial charge >= 0.3 is 0 Å². The average molecular weight is 378 g/mol. The van der Waals surface area contributed by atoms with Gasteiger partial charge in [0.1, 0.15) is 5.82 Å². The monoisotopic (exact) mass is 378 g/mol. The Balaban J connectivity index is 1.65. The van der Waals surface area contributed by atoms with Crippen LogP contribution in [0.3, 0.4) is 0 Å². The van der Waals surface area contributed by atoms with Gasteiger partial charge in [-0.3, -0.25) is 4.79 Å². The molecule has 4 rings (SSSR count). The number of hydrogen-bond donors (Lipinski definition) is 2. The van der Waals surface area contributed by atoms with Crippen molar-refractivity contribution in [2.75, 3.05) is 11.4 Å². The number of alkyl halides is 1. The second-order valence-electron chi connectivity index (χ2n) is 7.19. The molecule has 28 heavy (non-hydrogen) atoms. The number of halogens is 1. The first kappa shape index (κ1) is 18.4. The largest absolute Gasteiger partial charge is 0.343 e. The summed E-state index contributed by atoms with van der Waals surface area (Å²) in [6.45, 7) is 2.44. The molecule has 1 aliphatic heterocycles. The van der Waals surface area contributed by atoms with Gasteiger partial charge in [-0.1, -0.05) is 36.4 Å². The predicted octanol–water partition coefficient (Wildman–Crippen LogP) is 3.17. The summed E-state index contributed by atoms with van der Waals surface area (Å²) in [6.07, 6.45) is 0.786. The predicted molar refractivity (Wildman–Crippen MR) is 109 cm³/mol. The zero-order valence-electron chi connectivity index (χ0n) is 15.7. The highest BCUT2D eigenvalue weighted by molar-refractivity contribution is 5.96. The fourth-order valence-electron chi connectivity index (χ4n) is 3.82. The standard InChI is InChI=1S/C22H23FN4O/c1-14-6-5-9-15-10-12-25-21(18(14)15)27-13-11-17(24)19(20(27)23)26-22(28)16-7-3-2-4-8-16/h2-10,12,17,19-20H,11,13,24H2,1H3,(H,26,28)/t17-,19-,20+/m1/s1. The number of hydrogen-bond acceptors (Lipinski definition) is 4. The zero-order chi connectivity index (χ0) is 19.7. The third-order valence-electron chi connectivity index (χ3n) is 5.34. The first-order chi connectivity index (χ1) is 13.6. The number of carbonyl (C=O) groups is 1. The van der Waals surface area contributed by atoms with Crippen LogP contribution < -0.4 is 16.0 Å². The van der Waals surface area contributed by atoms with E-state index in [1.165, 1.54) is 0 Å². The Bertz CT molecular complexity index is 989. The molecule has 2 heterocycles. The molecule has 5 nitrogen and oxygen atoms in total. The number of nitrogens with one attached hydrogen (secondary N) is 1. The van der Waals surface area contributed by atoms with E-state index >= 15 is 4.39 Å². The maximum atomic E-state index is 15.6. The van der Waals surface area contributed by atoms with Crippen molar-refractivity contribution >= 4 is 22.5 Å². The summed E-state index contributed by atoms with van der Waals surface area (Å²) >= 11 is 0. The van der Waals surface area contributed by atoms with Gasteiger partial charge in [0, 0.05) is 29.7 Å². The normalized spacial score (nSPS) is 22.2. The van der Waals surface area contributed by atoms with Gasteiger partial charge in [0.25, 0.3) is 5.91 Å². The van der Waals surface area contributed by atoms with Crippen molar-refractivity contribution in [1.29, 1.82) is 0 Å². The van der Waals surface area contributed by atoms with Gasteiger partial charge in [0.05, 0.1) is 6.04 Å². The highest BCUT2D eigenvalue weighted by Gasteiger charge is 2.39. The van der Waals surface area contributed by atoms with E-state index in [2.05, 4.69) is 10.3 Å². The molecule has 3 N–H and O–H groups in total. The van der Waals surface area contributed by atoms with Crippen LogP contribution >= 0.6 is 0 Å². The molecule has 1 amide bonds. The Hall–Kier alpha value is -2.99. The number of pyridine rings is 1. The van der Waals surface area contributed by atoms with E-state index in [4.69, 9.17) is 5.73 Å². The highest BCUT2D eigenvalue weighted by atomic mass is 19.1. The molecule has 1 aliphatic rings. The summed E-state index contributed by atoms with van der Waals surface area (Å²) in [6, 6.07) is 15.4. The minimum absolute atomic E-state index is 0.326. The second kappa shape index (κ2) is 7.56. The summed E-state index contributed by atoms with van der Waals surface area (Å²) in [5, 5.41) is 4.73. The second-order valence-corrected chi connectivity index (χ2v) is 7.19. The summed E-state index contributed by atoms with van der Waals surface area (Å²) in [5.74, 6) is 0.265. The molecule has 0 aliphatic carbocycles. The summed E-state index contributed by atoms with van der Waals surface area (Å²) in [4.78, 5) is 18.6. The number of aryl methyl sites for hydroxylation is 1. The van der Waals surface area contributed by atoms with E-state index in [9.17, 15) is 4.79 Å². The van der Waals surface area contributed by atoms with E-state index in [-0.39, 0.29) is 5.91 Å². The molecule has 2 aromatic carbocycles. The van der Waals surface area contributed by atoms with Crippen LogP contribution in [0.4, 0.5) is 10.2 Å². The average Bonchev–Trinajstić information content (AvgIpc) is 2.71. The molecule has 6 heteroatoms. The molecule has 0 saturated carbocycles. The van der Waals surface area contributed by atoms with Crippen LogP contribution in [0, 0.1) is 6.92 Å². The Morgan fingerprint density at radius 3 is 2.75 bits per heavy atom. The lowest BCUT2D eigenvalue weighted by Gasteiger charge is -2.41. The van der Waals surface area contributed by atoms with Crippen molar-refractivity contribution < 1.29 is 9.18 Å². The van der Waals surface area contributed by atoms with Crippen LogP contribution in [0.15, 0.2) is 60.8 Å². The lowest BCUT2D eigenvalue weighted by molar-refractivity contribution is 0.0875. The van der Waals surface area contributed by atoms with Crippen molar-refractivity contribution in [2.24, 2.45) is 5.73 Å². The van der Waals surface area contributed by atoms with Crippen molar-refractivity contribution in [2.45, 2.75) is 31.7 Å². The third kappa shape index (κ3) is 3.31. The summed E-state index contributed by atoms with van der Waals surface area (Å²) in [5.41, 5.74) is 7.70. The topological polar surface area (TPSA) is 71.2 Å². The SMILES string of the molecule is Cc1cccc2ccnc(N3CC[C@@H](N)[C@@H](NC(=O)c4ccccc4)[C@H]3F)c12. The minimum Gasteiger partial charge on any atom is -0.343 e. The number of amides is 1. The summed E-state index contributed by atoms with van der Waals surface area (Å²) in [7, 11) is 0. The van der Waals surface area contributed by atoms with Gasteiger partial charge in [-0.25, -0.2) is 9.37 Å². The van der Waals surface area contributed by atoms with Crippen LogP contribution in [0.25, 0.3) is 10.8 Å². The molecule has 0 unspecified atom stereocenters. The van der Waals surface area contributed by atoms with E-state index < -0.39 is 18.4 Å². The highest BCUT2D eigenvalue weighted by Crippen LogP contribution is 2.32. The number of rotatable bonds is 3. The quantitative estimate of drug-likeness (QED) is 0.687. The Morgan fingerprint density at radius 2 is 1.96 bits per heavy atom. The maximum absolute atomic E-state index is 15.6. The van der Waals surface area contributed by atoms with Crippen LogP contribution in [0.2, 0.25) is 0 Å². The van der Waals surface area contributed by atoms with Crippen LogP contribution in [-0.2, 0) is 0 Å². The molecule has 1 fully saturated rings. The number of nitrogens with zero attached hydrogens (tertiary/aromatic N) is 2. The lowest BCUT2D eigenvalue weighted by Crippen LogP contribution is -2.62. The first-order valence-electron chi connectivity index (χ1n) is 9.43. The lowest BCUT2D eigenvalue weighted by atomic mass is 9.97. The van der Waals surface area contributed by atoms with Crippen molar-refractivity contribution in [3.8, 4) is 0 Å². The molecule has 3 atom stereocenters. The van der Waals surface area contributed by atoms with E-state index in [0.717, 1.165) is 16.3 Å². The molecule has 0 spiro atoms. The molecule has 0 bridgehead atoms. The Morgan fingerprint density at radius 1 is 1.18 bits per heavy atom. The number of carbonyl (C=O) groups excluding carboxylic acids is 1. The first-order valence-corrected chi connectivity index (χ1v) is 9.43. The van der Waals surface area contributed by atoms with Crippen molar-refractivity contribution in [3.05, 3.63) is 71.9 Å². The minimum atomic E-state index is -1.46. The van der Waals surface area contributed by atoms with Gasteiger partial charge in [-0.15, -0.1) is 0 Å². The van der Waals surface area contributed by atoms with Crippen LogP contribution in [-0.4, -0.2) is 35.8 Å².